The number of benzene rings is 1. The molecule has 1 aliphatic rings. The molecule has 0 aromatic heterocycles. The summed E-state index contributed by atoms with van der Waals surface area (Å²) < 4.78 is 5.17. The van der Waals surface area contributed by atoms with E-state index in [1.165, 1.54) is 0 Å². The molecule has 0 atom stereocenters. The third-order valence-electron chi connectivity index (χ3n) is 3.85. The van der Waals surface area contributed by atoms with E-state index in [4.69, 9.17) is 4.74 Å². The van der Waals surface area contributed by atoms with Crippen LogP contribution in [0.2, 0.25) is 0 Å². The Labute approximate surface area is 119 Å². The average Bonchev–Trinajstić information content (AvgIpc) is 2.28. The van der Waals surface area contributed by atoms with Gasteiger partial charge in [0.15, 0.2) is 0 Å². The molecule has 1 saturated heterocycles. The lowest BCUT2D eigenvalue weighted by molar-refractivity contribution is -0.128. The lowest BCUT2D eigenvalue weighted by Crippen LogP contribution is -2.65. The van der Waals surface area contributed by atoms with Gasteiger partial charge >= 0.3 is 6.09 Å². The van der Waals surface area contributed by atoms with Crippen molar-refractivity contribution in [3.63, 3.8) is 0 Å². The Kier molecular flexibility index (Phi) is 3.84. The highest BCUT2D eigenvalue weighted by Gasteiger charge is 2.51. The van der Waals surface area contributed by atoms with Gasteiger partial charge in [0.1, 0.15) is 5.78 Å². The van der Waals surface area contributed by atoms with Gasteiger partial charge in [0.2, 0.25) is 0 Å². The Bertz CT molecular complexity index is 530. The van der Waals surface area contributed by atoms with Gasteiger partial charge in [-0.05, 0) is 38.8 Å². The summed E-state index contributed by atoms with van der Waals surface area (Å²) in [5.74, 6) is 0.0976. The topological polar surface area (TPSA) is 46.6 Å². The molecular weight excluding hydrogens is 254 g/mol. The number of Topliss-reactive ketones (excluding diaryl/α,β-unsaturated/α-hetero) is 1. The summed E-state index contributed by atoms with van der Waals surface area (Å²) in [6.45, 7) is 8.03. The van der Waals surface area contributed by atoms with Gasteiger partial charge in [0, 0.05) is 13.1 Å². The van der Waals surface area contributed by atoms with Crippen LogP contribution in [0.5, 0.6) is 0 Å². The predicted octanol–water partition coefficient (Wildman–Crippen LogP) is 2.68. The molecule has 1 fully saturated rings. The van der Waals surface area contributed by atoms with E-state index in [0.29, 0.717) is 13.1 Å². The van der Waals surface area contributed by atoms with Gasteiger partial charge in [0.05, 0.1) is 11.5 Å². The molecule has 108 valence electrons. The highest BCUT2D eigenvalue weighted by molar-refractivity contribution is 5.92. The Morgan fingerprint density at radius 3 is 2.35 bits per heavy atom. The van der Waals surface area contributed by atoms with E-state index in [1.807, 2.05) is 45.0 Å². The first-order valence-electron chi connectivity index (χ1n) is 6.89. The van der Waals surface area contributed by atoms with Crippen molar-refractivity contribution in [1.29, 1.82) is 0 Å². The Hall–Kier alpha value is -1.84. The van der Waals surface area contributed by atoms with E-state index >= 15 is 0 Å². The summed E-state index contributed by atoms with van der Waals surface area (Å²) in [6, 6.07) is 7.86. The quantitative estimate of drug-likeness (QED) is 0.852. The van der Waals surface area contributed by atoms with E-state index in [1.54, 1.807) is 11.8 Å². The van der Waals surface area contributed by atoms with Crippen LogP contribution in [-0.4, -0.2) is 36.0 Å². The zero-order chi connectivity index (χ0) is 14.9. The number of likely N-dealkylation sites (tertiary alicyclic amines) is 1. The maximum absolute atomic E-state index is 12.1. The maximum Gasteiger partial charge on any atom is 0.410 e. The van der Waals surface area contributed by atoms with E-state index < -0.39 is 5.41 Å². The molecule has 2 rings (SSSR count). The van der Waals surface area contributed by atoms with Crippen LogP contribution in [-0.2, 0) is 14.9 Å². The SMILES string of the molecule is CC(=O)C1(c2ccccc2C)CN(C(=O)OC(C)C)C1. The molecule has 0 unspecified atom stereocenters. The van der Waals surface area contributed by atoms with Crippen LogP contribution in [0.25, 0.3) is 0 Å². The third-order valence-corrected chi connectivity index (χ3v) is 3.85. The zero-order valence-electron chi connectivity index (χ0n) is 12.5. The van der Waals surface area contributed by atoms with Crippen LogP contribution < -0.4 is 0 Å². The molecular formula is C16H21NO3. The van der Waals surface area contributed by atoms with Gasteiger partial charge in [-0.1, -0.05) is 24.3 Å². The van der Waals surface area contributed by atoms with Crippen molar-refractivity contribution in [2.24, 2.45) is 0 Å². The molecule has 0 spiro atoms. The fourth-order valence-corrected chi connectivity index (χ4v) is 2.70. The second kappa shape index (κ2) is 5.27. The molecule has 1 heterocycles. The largest absolute Gasteiger partial charge is 0.447 e. The number of hydrogen-bond donors (Lipinski definition) is 0. The number of amides is 1. The van der Waals surface area contributed by atoms with Crippen LogP contribution in [0.15, 0.2) is 24.3 Å². The lowest BCUT2D eigenvalue weighted by Gasteiger charge is -2.48. The van der Waals surface area contributed by atoms with Gasteiger partial charge < -0.3 is 9.64 Å². The maximum atomic E-state index is 12.1. The predicted molar refractivity (Wildman–Crippen MR) is 76.7 cm³/mol. The van der Waals surface area contributed by atoms with E-state index in [-0.39, 0.29) is 18.0 Å². The van der Waals surface area contributed by atoms with Gasteiger partial charge in [0.25, 0.3) is 0 Å². The summed E-state index contributed by atoms with van der Waals surface area (Å²) in [5.41, 5.74) is 1.53. The third kappa shape index (κ3) is 2.42. The number of hydrogen-bond acceptors (Lipinski definition) is 3. The molecule has 0 aliphatic carbocycles. The fourth-order valence-electron chi connectivity index (χ4n) is 2.70. The van der Waals surface area contributed by atoms with Gasteiger partial charge in [-0.3, -0.25) is 4.79 Å². The van der Waals surface area contributed by atoms with Crippen molar-refractivity contribution in [2.45, 2.75) is 39.2 Å². The summed E-state index contributed by atoms with van der Waals surface area (Å²) in [5, 5.41) is 0. The first-order chi connectivity index (χ1) is 9.36. The molecule has 1 aliphatic heterocycles. The van der Waals surface area contributed by atoms with Crippen molar-refractivity contribution in [2.75, 3.05) is 13.1 Å². The Morgan fingerprint density at radius 1 is 1.25 bits per heavy atom. The minimum absolute atomic E-state index is 0.0976. The molecule has 0 radical (unpaired) electrons. The van der Waals surface area contributed by atoms with Crippen molar-refractivity contribution >= 4 is 11.9 Å². The molecule has 20 heavy (non-hydrogen) atoms. The van der Waals surface area contributed by atoms with E-state index in [9.17, 15) is 9.59 Å². The van der Waals surface area contributed by atoms with Crippen LogP contribution in [0.3, 0.4) is 0 Å². The monoisotopic (exact) mass is 275 g/mol. The number of ketones is 1. The Morgan fingerprint density at radius 2 is 1.85 bits per heavy atom. The number of rotatable bonds is 3. The van der Waals surface area contributed by atoms with Crippen molar-refractivity contribution in [3.8, 4) is 0 Å². The number of carbonyl (C=O) groups excluding carboxylic acids is 2. The molecule has 1 amide bonds. The van der Waals surface area contributed by atoms with Crippen molar-refractivity contribution in [3.05, 3.63) is 35.4 Å². The summed E-state index contributed by atoms with van der Waals surface area (Å²) >= 11 is 0. The average molecular weight is 275 g/mol. The molecule has 4 nitrogen and oxygen atoms in total. The molecule has 0 saturated carbocycles. The number of nitrogens with zero attached hydrogens (tertiary/aromatic N) is 1. The summed E-state index contributed by atoms with van der Waals surface area (Å²) in [4.78, 5) is 25.6. The van der Waals surface area contributed by atoms with Gasteiger partial charge in [-0.15, -0.1) is 0 Å². The van der Waals surface area contributed by atoms with E-state index in [2.05, 4.69) is 0 Å². The van der Waals surface area contributed by atoms with Gasteiger partial charge in [-0.2, -0.15) is 0 Å². The first-order valence-corrected chi connectivity index (χ1v) is 6.89. The zero-order valence-corrected chi connectivity index (χ0v) is 12.5. The number of carbonyl (C=O) groups is 2. The smallest absolute Gasteiger partial charge is 0.410 e. The normalized spacial score (nSPS) is 16.8. The molecule has 4 heteroatoms. The molecule has 0 N–H and O–H groups in total. The Balaban J connectivity index is 2.19. The molecule has 1 aromatic carbocycles. The van der Waals surface area contributed by atoms with Gasteiger partial charge in [-0.25, -0.2) is 4.79 Å². The van der Waals surface area contributed by atoms with Crippen molar-refractivity contribution < 1.29 is 14.3 Å². The van der Waals surface area contributed by atoms with E-state index in [0.717, 1.165) is 11.1 Å². The van der Waals surface area contributed by atoms with Crippen LogP contribution in [0, 0.1) is 6.92 Å². The summed E-state index contributed by atoms with van der Waals surface area (Å²) in [7, 11) is 0. The lowest BCUT2D eigenvalue weighted by atomic mass is 9.69. The summed E-state index contributed by atoms with van der Waals surface area (Å²) in [6.07, 6.45) is -0.487. The minimum Gasteiger partial charge on any atom is -0.447 e. The van der Waals surface area contributed by atoms with Crippen molar-refractivity contribution in [1.82, 2.24) is 4.90 Å². The standard InChI is InChI=1S/C16H21NO3/c1-11(2)20-15(19)17-9-16(10-17,13(4)18)14-8-6-5-7-12(14)3/h5-8,11H,9-10H2,1-4H3. The molecule has 1 aromatic rings. The minimum atomic E-state index is -0.568. The van der Waals surface area contributed by atoms with Crippen LogP contribution >= 0.6 is 0 Å². The highest BCUT2D eigenvalue weighted by atomic mass is 16.6. The fraction of sp³-hybridized carbons (Fsp3) is 0.500. The second-order valence-corrected chi connectivity index (χ2v) is 5.74. The highest BCUT2D eigenvalue weighted by Crippen LogP contribution is 2.37. The van der Waals surface area contributed by atoms with Crippen LogP contribution in [0.1, 0.15) is 31.9 Å². The number of aryl methyl sites for hydroxylation is 1. The van der Waals surface area contributed by atoms with Crippen LogP contribution in [0.4, 0.5) is 4.79 Å². The number of ether oxygens (including phenoxy) is 1. The second-order valence-electron chi connectivity index (χ2n) is 5.74. The first kappa shape index (κ1) is 14.6. The molecule has 0 bridgehead atoms.